The zero-order valence-electron chi connectivity index (χ0n) is 6.01. The van der Waals surface area contributed by atoms with Crippen LogP contribution in [0.5, 0.6) is 0 Å². The number of epoxide rings is 1. The number of hydrogen-bond acceptors (Lipinski definition) is 2. The van der Waals surface area contributed by atoms with Gasteiger partial charge in [-0.15, -0.1) is 12.4 Å². The largest absolute Gasteiger partial charge is 0.377 e. The van der Waals surface area contributed by atoms with Gasteiger partial charge < -0.3 is 4.74 Å². The number of ether oxygens (including phenoxy) is 1. The second-order valence-corrected chi connectivity index (χ2v) is 0.612. The number of alkyl halides is 2. The summed E-state index contributed by atoms with van der Waals surface area (Å²) in [6, 6.07) is 0. The molecule has 5 heteroatoms. The maximum Gasteiger partial charge on any atom is 0.0701 e. The van der Waals surface area contributed by atoms with Crippen molar-refractivity contribution < 1.29 is 4.74 Å². The Morgan fingerprint density at radius 1 is 1.30 bits per heavy atom. The van der Waals surface area contributed by atoms with Crippen LogP contribution in [0.3, 0.4) is 0 Å². The van der Waals surface area contributed by atoms with Crippen LogP contribution < -0.4 is 0 Å². The lowest BCUT2D eigenvalue weighted by Crippen LogP contribution is -1.20. The second-order valence-electron chi connectivity index (χ2n) is 0.612. The standard InChI is InChI=1S/C2H4O.CH3Br.CH3I.CHN.ClH/c1-2-3-1;3*1-2;/h1-2H2;2*1H3;1H;1H. The van der Waals surface area contributed by atoms with Crippen molar-refractivity contribution in [2.24, 2.45) is 0 Å². The molecule has 1 fully saturated rings. The number of nitrogens with zero attached hydrogens (tertiary/aromatic N) is 1. The van der Waals surface area contributed by atoms with Crippen molar-refractivity contribution in [1.82, 2.24) is 0 Å². The third-order valence-electron chi connectivity index (χ3n) is 0.204. The normalized spacial score (nSPS) is 8.60. The molecule has 2 nitrogen and oxygen atoms in total. The van der Waals surface area contributed by atoms with E-state index in [0.29, 0.717) is 0 Å². The van der Waals surface area contributed by atoms with Gasteiger partial charge in [0.15, 0.2) is 0 Å². The zero-order chi connectivity index (χ0) is 8.12. The van der Waals surface area contributed by atoms with Crippen LogP contribution in [-0.2, 0) is 4.74 Å². The summed E-state index contributed by atoms with van der Waals surface area (Å²) in [6.45, 7) is 5.50. The maximum atomic E-state index is 6.50. The third kappa shape index (κ3) is 149. The van der Waals surface area contributed by atoms with Crippen molar-refractivity contribution in [2.75, 3.05) is 24.0 Å². The van der Waals surface area contributed by atoms with Gasteiger partial charge in [0.1, 0.15) is 0 Å². The average Bonchev–Trinajstić information content (AvgIpc) is 2.84. The maximum absolute atomic E-state index is 6.50. The SMILES string of the molecule is C#N.C1CO1.CBr.CI.Cl. The molecule has 0 radical (unpaired) electrons. The van der Waals surface area contributed by atoms with Crippen LogP contribution in [0.4, 0.5) is 0 Å². The molecule has 0 spiro atoms. The highest BCUT2D eigenvalue weighted by Crippen LogP contribution is 1.84. The van der Waals surface area contributed by atoms with E-state index >= 15 is 0 Å². The molecule has 0 amide bonds. The molecule has 1 saturated heterocycles. The Morgan fingerprint density at radius 3 is 1.40 bits per heavy atom. The van der Waals surface area contributed by atoms with Crippen molar-refractivity contribution in [2.45, 2.75) is 0 Å². The van der Waals surface area contributed by atoms with E-state index in [1.54, 1.807) is 0 Å². The topological polar surface area (TPSA) is 36.3 Å². The molecule has 0 aliphatic carbocycles. The third-order valence-corrected chi connectivity index (χ3v) is 0.204. The Bertz CT molecular complexity index is 43.1. The van der Waals surface area contributed by atoms with Crippen molar-refractivity contribution in [3.8, 4) is 6.57 Å². The summed E-state index contributed by atoms with van der Waals surface area (Å²) in [7, 11) is 0. The first kappa shape index (κ1) is 22.4. The van der Waals surface area contributed by atoms with Gasteiger partial charge in [-0.1, -0.05) is 38.5 Å². The van der Waals surface area contributed by atoms with Gasteiger partial charge >= 0.3 is 0 Å². The highest BCUT2D eigenvalue weighted by Gasteiger charge is 1.94. The zero-order valence-corrected chi connectivity index (χ0v) is 10.6. The van der Waals surface area contributed by atoms with Gasteiger partial charge in [-0.25, -0.2) is 5.26 Å². The summed E-state index contributed by atoms with van der Waals surface area (Å²) in [5.41, 5.74) is 0. The number of nitriles is 1. The molecule has 10 heavy (non-hydrogen) atoms. The van der Waals surface area contributed by atoms with Gasteiger partial charge in [-0.3, -0.25) is 0 Å². The Kier molecular flexibility index (Phi) is 115. The minimum Gasteiger partial charge on any atom is -0.377 e. The molecule has 0 aromatic rings. The van der Waals surface area contributed by atoms with Crippen molar-refractivity contribution in [1.29, 1.82) is 5.26 Å². The summed E-state index contributed by atoms with van der Waals surface area (Å²) < 4.78 is 4.50. The average molecular weight is 344 g/mol. The summed E-state index contributed by atoms with van der Waals surface area (Å²) >= 11 is 5.09. The van der Waals surface area contributed by atoms with Crippen LogP contribution in [0.1, 0.15) is 0 Å². The molecule has 0 atom stereocenters. The molecular formula is C5H12BrClINO. The van der Waals surface area contributed by atoms with E-state index in [2.05, 4.69) is 49.8 Å². The summed E-state index contributed by atoms with van der Waals surface area (Å²) in [4.78, 5) is 1.97. The van der Waals surface area contributed by atoms with E-state index < -0.39 is 0 Å². The quantitative estimate of drug-likeness (QED) is 0.385. The van der Waals surface area contributed by atoms with Crippen LogP contribution in [-0.4, -0.2) is 24.0 Å². The molecule has 0 saturated carbocycles. The smallest absolute Gasteiger partial charge is 0.0701 e. The van der Waals surface area contributed by atoms with Gasteiger partial charge in [0, 0.05) is 6.57 Å². The van der Waals surface area contributed by atoms with Crippen LogP contribution in [0.25, 0.3) is 0 Å². The first-order valence-electron chi connectivity index (χ1n) is 2.09. The highest BCUT2D eigenvalue weighted by atomic mass is 127. The molecule has 0 aromatic heterocycles. The Balaban J connectivity index is -0.0000000241. The first-order valence-corrected chi connectivity index (χ1v) is 5.83. The predicted octanol–water partition coefficient (Wildman–Crippen LogP) is 2.64. The Morgan fingerprint density at radius 2 is 1.40 bits per heavy atom. The molecule has 1 aliphatic rings. The molecule has 1 aliphatic heterocycles. The minimum absolute atomic E-state index is 0. The molecule has 64 valence electrons. The molecule has 0 aromatic carbocycles. The van der Waals surface area contributed by atoms with Crippen molar-refractivity contribution in [3.63, 3.8) is 0 Å². The fraction of sp³-hybridized carbons (Fsp3) is 0.800. The van der Waals surface area contributed by atoms with E-state index in [-0.39, 0.29) is 12.4 Å². The molecule has 0 unspecified atom stereocenters. The van der Waals surface area contributed by atoms with E-state index in [1.165, 1.54) is 0 Å². The number of halogens is 3. The lowest BCUT2D eigenvalue weighted by molar-refractivity contribution is 0.475. The number of rotatable bonds is 0. The molecule has 1 rings (SSSR count). The van der Waals surface area contributed by atoms with Crippen LogP contribution in [0.15, 0.2) is 0 Å². The summed E-state index contributed by atoms with van der Waals surface area (Å²) in [5, 5.41) is 6.50. The van der Waals surface area contributed by atoms with E-state index in [1.807, 2.05) is 10.8 Å². The van der Waals surface area contributed by atoms with Crippen LogP contribution >= 0.6 is 50.9 Å². The lowest BCUT2D eigenvalue weighted by Gasteiger charge is -1.24. The molecule has 1 heterocycles. The summed E-state index contributed by atoms with van der Waals surface area (Å²) in [5.74, 6) is 1.81. The van der Waals surface area contributed by atoms with E-state index in [0.717, 1.165) is 13.2 Å². The molecule has 0 bridgehead atoms. The van der Waals surface area contributed by atoms with Gasteiger partial charge in [0.25, 0.3) is 0 Å². The van der Waals surface area contributed by atoms with E-state index in [9.17, 15) is 0 Å². The van der Waals surface area contributed by atoms with Crippen molar-refractivity contribution >= 4 is 50.9 Å². The fourth-order valence-corrected chi connectivity index (χ4v) is 0. The van der Waals surface area contributed by atoms with Gasteiger partial charge in [0.05, 0.1) is 13.2 Å². The Labute approximate surface area is 91.0 Å². The first-order chi connectivity index (χ1) is 4.50. The van der Waals surface area contributed by atoms with Crippen molar-refractivity contribution in [3.05, 3.63) is 0 Å². The summed E-state index contributed by atoms with van der Waals surface area (Å²) in [6.07, 6.45) is 0. The van der Waals surface area contributed by atoms with E-state index in [4.69, 9.17) is 5.26 Å². The predicted molar refractivity (Wildman–Crippen MR) is 59.5 cm³/mol. The minimum atomic E-state index is 0. The monoisotopic (exact) mass is 343 g/mol. The van der Waals surface area contributed by atoms with Gasteiger partial charge in [-0.2, -0.15) is 0 Å². The van der Waals surface area contributed by atoms with Crippen LogP contribution in [0.2, 0.25) is 0 Å². The fourth-order valence-electron chi connectivity index (χ4n) is 0. The number of hydrogen-bond donors (Lipinski definition) is 0. The van der Waals surface area contributed by atoms with Gasteiger partial charge in [-0.05, 0) is 10.8 Å². The van der Waals surface area contributed by atoms with Gasteiger partial charge in [0.2, 0.25) is 0 Å². The highest BCUT2D eigenvalue weighted by molar-refractivity contribution is 14.1. The lowest BCUT2D eigenvalue weighted by atomic mass is 11.0. The van der Waals surface area contributed by atoms with Crippen LogP contribution in [0, 0.1) is 11.8 Å². The molecular weight excluding hydrogens is 332 g/mol. The molecule has 0 N–H and O–H groups in total. The second kappa shape index (κ2) is 51.1. The Hall–Kier alpha value is 0.950.